The number of aliphatic hydroxyl groups is 2. The van der Waals surface area contributed by atoms with Crippen molar-refractivity contribution in [3.63, 3.8) is 0 Å². The summed E-state index contributed by atoms with van der Waals surface area (Å²) in [7, 11) is 2.26. The minimum Gasteiger partial charge on any atom is -0.408 e. The zero-order valence-electron chi connectivity index (χ0n) is 18.1. The van der Waals surface area contributed by atoms with Crippen molar-refractivity contribution in [3.8, 4) is 0 Å². The molecule has 0 heterocycles. The van der Waals surface area contributed by atoms with Crippen LogP contribution in [0.2, 0.25) is 18.1 Å². The summed E-state index contributed by atoms with van der Waals surface area (Å²) in [6.45, 7) is 12.3. The summed E-state index contributed by atoms with van der Waals surface area (Å²) >= 11 is 0. The van der Waals surface area contributed by atoms with Gasteiger partial charge in [0.1, 0.15) is 32.2 Å². The van der Waals surface area contributed by atoms with E-state index in [9.17, 15) is 10.2 Å². The van der Waals surface area contributed by atoms with Crippen LogP contribution in [0.5, 0.6) is 0 Å². The molecule has 1 fully saturated rings. The first-order valence-electron chi connectivity index (χ1n) is 9.17. The maximum Gasteiger partial charge on any atom is 0.192 e. The molecule has 1 rings (SSSR count). The number of ether oxygens (including phenoxy) is 3. The Balaban J connectivity index is 3.35. The first kappa shape index (κ1) is 24.5. The molecule has 0 amide bonds. The summed E-state index contributed by atoms with van der Waals surface area (Å²) in [4.78, 5) is 4.87. The van der Waals surface area contributed by atoms with Gasteiger partial charge in [0, 0.05) is 14.2 Å². The van der Waals surface area contributed by atoms with Crippen molar-refractivity contribution in [2.45, 2.75) is 76.3 Å². The van der Waals surface area contributed by atoms with Crippen LogP contribution in [0.3, 0.4) is 0 Å². The number of rotatable bonds is 8. The van der Waals surface area contributed by atoms with E-state index in [1.807, 2.05) is 0 Å². The summed E-state index contributed by atoms with van der Waals surface area (Å²) in [5.74, 6) is -0.595. The Morgan fingerprint density at radius 3 is 2.04 bits per heavy atom. The third-order valence-electron chi connectivity index (χ3n) is 5.66. The van der Waals surface area contributed by atoms with Crippen LogP contribution < -0.4 is 0 Å². The molecule has 0 aromatic heterocycles. The lowest BCUT2D eigenvalue weighted by Gasteiger charge is -2.50. The van der Waals surface area contributed by atoms with Crippen molar-refractivity contribution < 1.29 is 33.7 Å². The second-order valence-electron chi connectivity index (χ2n) is 8.50. The van der Waals surface area contributed by atoms with Crippen molar-refractivity contribution in [2.24, 2.45) is 11.1 Å². The number of nitrogens with zero attached hydrogens (tertiary/aromatic N) is 1. The smallest absolute Gasteiger partial charge is 0.192 e. The van der Waals surface area contributed by atoms with E-state index in [-0.39, 0.29) is 11.8 Å². The average molecular weight is 408 g/mol. The molecule has 0 aromatic carbocycles. The fourth-order valence-corrected chi connectivity index (χ4v) is 4.45. The van der Waals surface area contributed by atoms with Gasteiger partial charge in [-0.1, -0.05) is 25.9 Å². The van der Waals surface area contributed by atoms with Gasteiger partial charge in [-0.2, -0.15) is 0 Å². The molecule has 1 aliphatic carbocycles. The Morgan fingerprint density at radius 1 is 1.00 bits per heavy atom. The molecule has 1 saturated carbocycles. The molecule has 0 radical (unpaired) electrons. The molecular weight excluding hydrogens is 370 g/mol. The van der Waals surface area contributed by atoms with Crippen LogP contribution in [0.15, 0.2) is 5.16 Å². The normalized spacial score (nSPS) is 33.2. The molecule has 9 heteroatoms. The first-order valence-corrected chi connectivity index (χ1v) is 12.1. The van der Waals surface area contributed by atoms with E-state index < -0.39 is 44.8 Å². The lowest BCUT2D eigenvalue weighted by molar-refractivity contribution is -0.228. The monoisotopic (exact) mass is 407 g/mol. The van der Waals surface area contributed by atoms with Gasteiger partial charge in [0.25, 0.3) is 0 Å². The number of hydrogen-bond acceptors (Lipinski definition) is 8. The van der Waals surface area contributed by atoms with E-state index in [2.05, 4.69) is 39.0 Å². The molecule has 8 nitrogen and oxygen atoms in total. The average Bonchev–Trinajstić information content (AvgIpc) is 2.56. The zero-order chi connectivity index (χ0) is 21.0. The molecule has 0 spiro atoms. The van der Waals surface area contributed by atoms with Crippen LogP contribution in [0.4, 0.5) is 0 Å². The van der Waals surface area contributed by atoms with Gasteiger partial charge in [0.2, 0.25) is 0 Å². The predicted molar refractivity (Wildman–Crippen MR) is 105 cm³/mol. The van der Waals surface area contributed by atoms with Gasteiger partial charge >= 0.3 is 0 Å². The lowest BCUT2D eigenvalue weighted by Crippen LogP contribution is -2.66. The highest BCUT2D eigenvalue weighted by Gasteiger charge is 2.55. The van der Waals surface area contributed by atoms with Crippen LogP contribution in [0.1, 0.15) is 27.7 Å². The standard InChI is InChI=1S/C18H37NO7Si/c1-11(19-24-7)12-13(20)14(21)16(25-10-22-5)17(15(12)23-6)26-27(8,9)18(2,3)4/h12-17,20-21H,10H2,1-9H3/b19-11-/t12-,13+,14+,15+,16-,17-/m1/s1. The first-order chi connectivity index (χ1) is 12.4. The fourth-order valence-electron chi connectivity index (χ4n) is 3.15. The Morgan fingerprint density at radius 2 is 1.59 bits per heavy atom. The molecule has 160 valence electrons. The molecule has 0 aliphatic heterocycles. The van der Waals surface area contributed by atoms with E-state index in [1.54, 1.807) is 14.0 Å². The maximum atomic E-state index is 10.8. The largest absolute Gasteiger partial charge is 0.408 e. The molecule has 1 aliphatic rings. The van der Waals surface area contributed by atoms with Crippen LogP contribution in [-0.4, -0.2) is 82.9 Å². The van der Waals surface area contributed by atoms with Crippen LogP contribution in [0.25, 0.3) is 0 Å². The van der Waals surface area contributed by atoms with E-state index in [0.717, 1.165) is 0 Å². The van der Waals surface area contributed by atoms with E-state index in [4.69, 9.17) is 23.5 Å². The van der Waals surface area contributed by atoms with Gasteiger partial charge in [-0.25, -0.2) is 0 Å². The number of oxime groups is 1. The number of methoxy groups -OCH3 is 2. The molecule has 27 heavy (non-hydrogen) atoms. The van der Waals surface area contributed by atoms with Crippen molar-refractivity contribution in [3.05, 3.63) is 0 Å². The Bertz CT molecular complexity index is 495. The second kappa shape index (κ2) is 9.77. The second-order valence-corrected chi connectivity index (χ2v) is 13.3. The van der Waals surface area contributed by atoms with E-state index in [1.165, 1.54) is 14.2 Å². The van der Waals surface area contributed by atoms with Crippen LogP contribution in [0, 0.1) is 5.92 Å². The van der Waals surface area contributed by atoms with E-state index >= 15 is 0 Å². The molecule has 0 aromatic rings. The number of aliphatic hydroxyl groups excluding tert-OH is 2. The van der Waals surface area contributed by atoms with E-state index in [0.29, 0.717) is 5.71 Å². The minimum absolute atomic E-state index is 0.0297. The quantitative estimate of drug-likeness (QED) is 0.274. The fraction of sp³-hybridized carbons (Fsp3) is 0.944. The Kier molecular flexibility index (Phi) is 8.86. The maximum absolute atomic E-state index is 10.8. The van der Waals surface area contributed by atoms with Gasteiger partial charge in [0.05, 0.1) is 23.8 Å². The molecule has 0 unspecified atom stereocenters. The minimum atomic E-state index is -2.23. The third kappa shape index (κ3) is 5.50. The molecule has 6 atom stereocenters. The molecular formula is C18H37NO7Si. The van der Waals surface area contributed by atoms with Gasteiger partial charge in [-0.05, 0) is 25.1 Å². The van der Waals surface area contributed by atoms with Gasteiger partial charge in [0.15, 0.2) is 8.32 Å². The zero-order valence-corrected chi connectivity index (χ0v) is 19.1. The highest BCUT2D eigenvalue weighted by Crippen LogP contribution is 2.41. The summed E-state index contributed by atoms with van der Waals surface area (Å²) in [6, 6.07) is 0. The predicted octanol–water partition coefficient (Wildman–Crippen LogP) is 1.75. The third-order valence-corrected chi connectivity index (χ3v) is 10.1. The Labute approximate surface area is 163 Å². The molecule has 0 bridgehead atoms. The SMILES string of the molecule is COCO[C@@H]1[C@@H](O)[C@@H](O)[C@@H](/C(C)=N\OC)[C@H](OC)[C@H]1O[Si](C)(C)C(C)(C)C. The van der Waals surface area contributed by atoms with Crippen molar-refractivity contribution in [2.75, 3.05) is 28.1 Å². The lowest BCUT2D eigenvalue weighted by atomic mass is 9.76. The summed E-state index contributed by atoms with van der Waals surface area (Å²) in [5.41, 5.74) is 0.518. The summed E-state index contributed by atoms with van der Waals surface area (Å²) in [6.07, 6.45) is -4.30. The topological polar surface area (TPSA) is 99.0 Å². The Hall–Kier alpha value is -0.553. The highest BCUT2D eigenvalue weighted by atomic mass is 28.4. The van der Waals surface area contributed by atoms with Gasteiger partial charge in [-0.15, -0.1) is 0 Å². The van der Waals surface area contributed by atoms with Crippen molar-refractivity contribution in [1.82, 2.24) is 0 Å². The molecule has 0 saturated heterocycles. The van der Waals surface area contributed by atoms with Crippen LogP contribution in [-0.2, 0) is 23.5 Å². The van der Waals surface area contributed by atoms with Crippen molar-refractivity contribution in [1.29, 1.82) is 0 Å². The van der Waals surface area contributed by atoms with Gasteiger partial charge in [-0.3, -0.25) is 0 Å². The van der Waals surface area contributed by atoms with Gasteiger partial charge < -0.3 is 33.7 Å². The summed E-state index contributed by atoms with van der Waals surface area (Å²) < 4.78 is 23.1. The van der Waals surface area contributed by atoms with Crippen molar-refractivity contribution >= 4 is 14.0 Å². The highest BCUT2D eigenvalue weighted by molar-refractivity contribution is 6.74. The van der Waals surface area contributed by atoms with Crippen LogP contribution >= 0.6 is 0 Å². The number of hydrogen-bond donors (Lipinski definition) is 2. The summed E-state index contributed by atoms with van der Waals surface area (Å²) in [5, 5.41) is 25.4. The molecule has 2 N–H and O–H groups in total.